The Kier molecular flexibility index (Phi) is 4.96. The van der Waals surface area contributed by atoms with Gasteiger partial charge in [-0.05, 0) is 59.3 Å². The van der Waals surface area contributed by atoms with Crippen LogP contribution in [0, 0.1) is 11.3 Å². The van der Waals surface area contributed by atoms with Crippen LogP contribution in [0.25, 0.3) is 0 Å². The van der Waals surface area contributed by atoms with E-state index in [9.17, 15) is 4.79 Å². The summed E-state index contributed by atoms with van der Waals surface area (Å²) in [4.78, 5) is 12.0. The monoisotopic (exact) mass is 345 g/mol. The molecule has 0 fully saturated rings. The van der Waals surface area contributed by atoms with Crippen molar-refractivity contribution in [1.29, 1.82) is 5.26 Å². The van der Waals surface area contributed by atoms with Gasteiger partial charge in [-0.2, -0.15) is 5.26 Å². The number of para-hydroxylation sites is 1. The van der Waals surface area contributed by atoms with Crippen molar-refractivity contribution < 1.29 is 14.3 Å². The molecule has 0 radical (unpaired) electrons. The van der Waals surface area contributed by atoms with E-state index in [2.05, 4.69) is 15.9 Å². The molecule has 2 rings (SSSR count). The lowest BCUT2D eigenvalue weighted by Gasteiger charge is -2.14. The largest absolute Gasteiger partial charge is 0.479 e. The first-order valence-electron chi connectivity index (χ1n) is 6.23. The van der Waals surface area contributed by atoms with Crippen molar-refractivity contribution >= 4 is 21.9 Å². The molecule has 1 unspecified atom stereocenters. The second-order valence-corrected chi connectivity index (χ2v) is 5.10. The lowest BCUT2D eigenvalue weighted by Crippen LogP contribution is -2.28. The predicted octanol–water partition coefficient (Wildman–Crippen LogP) is 3.69. The molecule has 0 heterocycles. The van der Waals surface area contributed by atoms with Gasteiger partial charge in [0.2, 0.25) is 0 Å². The van der Waals surface area contributed by atoms with Crippen LogP contribution < -0.4 is 9.47 Å². The van der Waals surface area contributed by atoms with Gasteiger partial charge in [-0.3, -0.25) is 0 Å². The highest BCUT2D eigenvalue weighted by molar-refractivity contribution is 9.10. The standard InChI is InChI=1S/C16H12BrNO3/c1-11(20-13-8-6-12(10-18)7-9-13)16(19)21-15-5-3-2-4-14(15)17/h2-9,11H,1H3. The van der Waals surface area contributed by atoms with E-state index >= 15 is 0 Å². The SMILES string of the molecule is CC(Oc1ccc(C#N)cc1)C(=O)Oc1ccccc1Br. The zero-order valence-electron chi connectivity index (χ0n) is 11.2. The lowest BCUT2D eigenvalue weighted by molar-refractivity contribution is -0.141. The quantitative estimate of drug-likeness (QED) is 0.626. The van der Waals surface area contributed by atoms with Crippen molar-refractivity contribution in [3.8, 4) is 17.6 Å². The summed E-state index contributed by atoms with van der Waals surface area (Å²) in [5, 5.41) is 8.72. The second kappa shape index (κ2) is 6.91. The third kappa shape index (κ3) is 4.07. The molecule has 0 aromatic heterocycles. The van der Waals surface area contributed by atoms with Gasteiger partial charge in [0.1, 0.15) is 11.5 Å². The molecule has 0 aliphatic carbocycles. The summed E-state index contributed by atoms with van der Waals surface area (Å²) < 4.78 is 11.4. The van der Waals surface area contributed by atoms with Gasteiger partial charge in [0.25, 0.3) is 0 Å². The number of hydrogen-bond acceptors (Lipinski definition) is 4. The minimum Gasteiger partial charge on any atom is -0.479 e. The lowest BCUT2D eigenvalue weighted by atomic mass is 10.2. The topological polar surface area (TPSA) is 59.3 Å². The maximum Gasteiger partial charge on any atom is 0.352 e. The van der Waals surface area contributed by atoms with Gasteiger partial charge < -0.3 is 9.47 Å². The van der Waals surface area contributed by atoms with E-state index in [4.69, 9.17) is 14.7 Å². The zero-order valence-corrected chi connectivity index (χ0v) is 12.8. The van der Waals surface area contributed by atoms with Crippen LogP contribution in [0.2, 0.25) is 0 Å². The molecule has 5 heteroatoms. The molecular formula is C16H12BrNO3. The number of rotatable bonds is 4. The maximum atomic E-state index is 12.0. The van der Waals surface area contributed by atoms with Crippen molar-refractivity contribution in [1.82, 2.24) is 0 Å². The Hall–Kier alpha value is -2.32. The number of carbonyl (C=O) groups is 1. The average Bonchev–Trinajstić information content (AvgIpc) is 2.50. The normalized spacial score (nSPS) is 11.3. The van der Waals surface area contributed by atoms with E-state index in [1.807, 2.05) is 12.1 Å². The molecule has 0 amide bonds. The van der Waals surface area contributed by atoms with Gasteiger partial charge in [0, 0.05) is 0 Å². The minimum atomic E-state index is -0.759. The molecule has 4 nitrogen and oxygen atoms in total. The molecule has 0 N–H and O–H groups in total. The first kappa shape index (κ1) is 15.1. The molecule has 0 saturated heterocycles. The van der Waals surface area contributed by atoms with Crippen LogP contribution in [-0.4, -0.2) is 12.1 Å². The molecule has 0 bridgehead atoms. The van der Waals surface area contributed by atoms with Crippen LogP contribution in [0.3, 0.4) is 0 Å². The van der Waals surface area contributed by atoms with Gasteiger partial charge in [-0.1, -0.05) is 12.1 Å². The zero-order chi connectivity index (χ0) is 15.2. The minimum absolute atomic E-state index is 0.442. The Morgan fingerprint density at radius 2 is 1.86 bits per heavy atom. The van der Waals surface area contributed by atoms with Crippen molar-refractivity contribution in [3.63, 3.8) is 0 Å². The van der Waals surface area contributed by atoms with E-state index < -0.39 is 12.1 Å². The summed E-state index contributed by atoms with van der Waals surface area (Å²) in [5.74, 6) is 0.453. The fraction of sp³-hybridized carbons (Fsp3) is 0.125. The molecule has 2 aromatic carbocycles. The molecule has 106 valence electrons. The molecule has 1 atom stereocenters. The summed E-state index contributed by atoms with van der Waals surface area (Å²) >= 11 is 3.31. The number of carbonyl (C=O) groups excluding carboxylic acids is 1. The number of hydrogen-bond donors (Lipinski definition) is 0. The number of nitriles is 1. The van der Waals surface area contributed by atoms with Crippen molar-refractivity contribution in [3.05, 3.63) is 58.6 Å². The molecular weight excluding hydrogens is 334 g/mol. The van der Waals surface area contributed by atoms with Crippen LogP contribution in [0.1, 0.15) is 12.5 Å². The van der Waals surface area contributed by atoms with Crippen LogP contribution in [0.5, 0.6) is 11.5 Å². The molecule has 2 aromatic rings. The Morgan fingerprint density at radius 1 is 1.19 bits per heavy atom. The van der Waals surface area contributed by atoms with Crippen molar-refractivity contribution in [2.75, 3.05) is 0 Å². The van der Waals surface area contributed by atoms with Gasteiger partial charge in [-0.15, -0.1) is 0 Å². The number of halogens is 1. The van der Waals surface area contributed by atoms with Crippen LogP contribution >= 0.6 is 15.9 Å². The van der Waals surface area contributed by atoms with E-state index in [1.54, 1.807) is 49.4 Å². The van der Waals surface area contributed by atoms with E-state index in [0.717, 1.165) is 0 Å². The van der Waals surface area contributed by atoms with Crippen LogP contribution in [0.15, 0.2) is 53.0 Å². The van der Waals surface area contributed by atoms with Crippen LogP contribution in [0.4, 0.5) is 0 Å². The first-order chi connectivity index (χ1) is 10.1. The predicted molar refractivity (Wildman–Crippen MR) is 81.0 cm³/mol. The van der Waals surface area contributed by atoms with Crippen LogP contribution in [-0.2, 0) is 4.79 Å². The number of nitrogens with zero attached hydrogens (tertiary/aromatic N) is 1. The Labute approximate surface area is 131 Å². The molecule has 0 aliphatic rings. The summed E-state index contributed by atoms with van der Waals surface area (Å²) in [7, 11) is 0. The number of ether oxygens (including phenoxy) is 2. The Morgan fingerprint density at radius 3 is 2.48 bits per heavy atom. The number of benzene rings is 2. The highest BCUT2D eigenvalue weighted by Crippen LogP contribution is 2.24. The van der Waals surface area contributed by atoms with E-state index in [-0.39, 0.29) is 0 Å². The maximum absolute atomic E-state index is 12.0. The second-order valence-electron chi connectivity index (χ2n) is 4.25. The van der Waals surface area contributed by atoms with Gasteiger partial charge in [0.05, 0.1) is 16.1 Å². The first-order valence-corrected chi connectivity index (χ1v) is 7.02. The van der Waals surface area contributed by atoms with Gasteiger partial charge in [0.15, 0.2) is 6.10 Å². The Balaban J connectivity index is 1.99. The summed E-state index contributed by atoms with van der Waals surface area (Å²) in [6, 6.07) is 15.6. The summed E-state index contributed by atoms with van der Waals surface area (Å²) in [6.07, 6.45) is -0.759. The summed E-state index contributed by atoms with van der Waals surface area (Å²) in [6.45, 7) is 1.61. The fourth-order valence-corrected chi connectivity index (χ4v) is 1.94. The fourth-order valence-electron chi connectivity index (χ4n) is 1.58. The summed E-state index contributed by atoms with van der Waals surface area (Å²) in [5.41, 5.74) is 0.533. The van der Waals surface area contributed by atoms with Crippen molar-refractivity contribution in [2.24, 2.45) is 0 Å². The van der Waals surface area contributed by atoms with E-state index in [1.165, 1.54) is 0 Å². The number of esters is 1. The Bertz CT molecular complexity index is 677. The van der Waals surface area contributed by atoms with Gasteiger partial charge in [-0.25, -0.2) is 4.79 Å². The third-order valence-corrected chi connectivity index (χ3v) is 3.33. The van der Waals surface area contributed by atoms with Gasteiger partial charge >= 0.3 is 5.97 Å². The van der Waals surface area contributed by atoms with Crippen molar-refractivity contribution in [2.45, 2.75) is 13.0 Å². The third-order valence-electron chi connectivity index (χ3n) is 2.68. The average molecular weight is 346 g/mol. The highest BCUT2D eigenvalue weighted by Gasteiger charge is 2.18. The highest BCUT2D eigenvalue weighted by atomic mass is 79.9. The molecule has 0 spiro atoms. The van der Waals surface area contributed by atoms with E-state index in [0.29, 0.717) is 21.5 Å². The smallest absolute Gasteiger partial charge is 0.352 e. The molecule has 21 heavy (non-hydrogen) atoms. The molecule has 0 aliphatic heterocycles. The molecule has 0 saturated carbocycles.